The smallest absolute Gasteiger partial charge is 0.156 e. The standard InChI is InChI=1S/C16H22O3S/c1-2-3-12-4-6-13(7-5-12)16(17)10-14-8-9-15(11-16)20(14,18)19/h4-7,14-15,17H,2-3,8-11H2,1H3. The van der Waals surface area contributed by atoms with E-state index in [1.165, 1.54) is 5.56 Å². The van der Waals surface area contributed by atoms with Gasteiger partial charge in [-0.15, -0.1) is 0 Å². The van der Waals surface area contributed by atoms with Crippen molar-refractivity contribution in [1.29, 1.82) is 0 Å². The first kappa shape index (κ1) is 14.1. The van der Waals surface area contributed by atoms with Gasteiger partial charge in [-0.2, -0.15) is 0 Å². The van der Waals surface area contributed by atoms with Crippen molar-refractivity contribution in [1.82, 2.24) is 0 Å². The van der Waals surface area contributed by atoms with Gasteiger partial charge < -0.3 is 5.11 Å². The molecule has 20 heavy (non-hydrogen) atoms. The van der Waals surface area contributed by atoms with E-state index in [1.54, 1.807) is 0 Å². The Morgan fingerprint density at radius 1 is 1.15 bits per heavy atom. The first-order chi connectivity index (χ1) is 9.45. The summed E-state index contributed by atoms with van der Waals surface area (Å²) in [7, 11) is -2.98. The Hall–Kier alpha value is -0.870. The molecular weight excluding hydrogens is 272 g/mol. The summed E-state index contributed by atoms with van der Waals surface area (Å²) >= 11 is 0. The van der Waals surface area contributed by atoms with Gasteiger partial charge in [0.25, 0.3) is 0 Å². The molecule has 110 valence electrons. The normalized spacial score (nSPS) is 35.1. The van der Waals surface area contributed by atoms with Gasteiger partial charge in [-0.1, -0.05) is 37.6 Å². The van der Waals surface area contributed by atoms with Crippen LogP contribution in [-0.4, -0.2) is 24.0 Å². The zero-order chi connectivity index (χ0) is 14.4. The monoisotopic (exact) mass is 294 g/mol. The van der Waals surface area contributed by atoms with Crippen molar-refractivity contribution < 1.29 is 13.5 Å². The van der Waals surface area contributed by atoms with Gasteiger partial charge in [-0.25, -0.2) is 8.42 Å². The van der Waals surface area contributed by atoms with Crippen LogP contribution < -0.4 is 0 Å². The molecule has 4 heteroatoms. The molecule has 0 aliphatic carbocycles. The molecule has 2 fully saturated rings. The molecule has 1 aromatic carbocycles. The fourth-order valence-electron chi connectivity index (χ4n) is 3.75. The molecule has 0 amide bonds. The predicted octanol–water partition coefficient (Wildman–Crippen LogP) is 2.57. The predicted molar refractivity (Wildman–Crippen MR) is 79.3 cm³/mol. The Bertz CT molecular complexity index is 569. The molecule has 0 saturated carbocycles. The summed E-state index contributed by atoms with van der Waals surface area (Å²) in [5.74, 6) is 0. The lowest BCUT2D eigenvalue weighted by atomic mass is 9.85. The Kier molecular flexibility index (Phi) is 3.41. The Labute approximate surface area is 120 Å². The Morgan fingerprint density at radius 2 is 1.70 bits per heavy atom. The fraction of sp³-hybridized carbons (Fsp3) is 0.625. The van der Waals surface area contributed by atoms with E-state index in [0.717, 1.165) is 18.4 Å². The van der Waals surface area contributed by atoms with Crippen molar-refractivity contribution in [3.63, 3.8) is 0 Å². The van der Waals surface area contributed by atoms with Gasteiger partial charge in [0.1, 0.15) is 0 Å². The average Bonchev–Trinajstić information content (AvgIpc) is 2.60. The van der Waals surface area contributed by atoms with Crippen LogP contribution in [0.2, 0.25) is 0 Å². The maximum atomic E-state index is 12.1. The molecule has 2 saturated heterocycles. The summed E-state index contributed by atoms with van der Waals surface area (Å²) in [6.07, 6.45) is 4.29. The summed E-state index contributed by atoms with van der Waals surface area (Å²) in [6.45, 7) is 2.14. The number of fused-ring (bicyclic) bond motifs is 2. The number of aliphatic hydroxyl groups is 1. The van der Waals surface area contributed by atoms with Crippen molar-refractivity contribution >= 4 is 9.84 Å². The van der Waals surface area contributed by atoms with E-state index in [1.807, 2.05) is 12.1 Å². The summed E-state index contributed by atoms with van der Waals surface area (Å²) in [5, 5.41) is 10.2. The molecule has 2 aliphatic heterocycles. The van der Waals surface area contributed by atoms with E-state index in [2.05, 4.69) is 19.1 Å². The topological polar surface area (TPSA) is 54.4 Å². The van der Waals surface area contributed by atoms with Crippen LogP contribution in [0.3, 0.4) is 0 Å². The summed E-state index contributed by atoms with van der Waals surface area (Å²) in [4.78, 5) is 0. The Balaban J connectivity index is 1.87. The quantitative estimate of drug-likeness (QED) is 0.932. The summed E-state index contributed by atoms with van der Waals surface area (Å²) in [5.41, 5.74) is 1.19. The van der Waals surface area contributed by atoms with Gasteiger partial charge >= 0.3 is 0 Å². The minimum absolute atomic E-state index is 0.346. The van der Waals surface area contributed by atoms with Gasteiger partial charge in [-0.05, 0) is 43.2 Å². The third-order valence-corrected chi connectivity index (χ3v) is 7.56. The molecule has 3 nitrogen and oxygen atoms in total. The zero-order valence-corrected chi connectivity index (χ0v) is 12.7. The van der Waals surface area contributed by atoms with Crippen molar-refractivity contribution in [2.75, 3.05) is 0 Å². The molecule has 0 spiro atoms. The minimum atomic E-state index is -2.98. The lowest BCUT2D eigenvalue weighted by Gasteiger charge is -2.36. The molecule has 2 aliphatic rings. The average molecular weight is 294 g/mol. The SMILES string of the molecule is CCCc1ccc(C2(O)CC3CCC(C2)S3(=O)=O)cc1. The molecule has 3 rings (SSSR count). The first-order valence-corrected chi connectivity index (χ1v) is 9.11. The molecule has 2 heterocycles. The van der Waals surface area contributed by atoms with Crippen LogP contribution in [0.1, 0.15) is 50.2 Å². The molecule has 0 aromatic heterocycles. The highest BCUT2D eigenvalue weighted by Crippen LogP contribution is 2.47. The third kappa shape index (κ3) is 2.19. The first-order valence-electron chi connectivity index (χ1n) is 7.50. The van der Waals surface area contributed by atoms with E-state index in [0.29, 0.717) is 25.7 Å². The molecule has 1 aromatic rings. The second-order valence-corrected chi connectivity index (χ2v) is 8.81. The maximum Gasteiger partial charge on any atom is 0.156 e. The Morgan fingerprint density at radius 3 is 2.20 bits per heavy atom. The summed E-state index contributed by atoms with van der Waals surface area (Å²) < 4.78 is 24.2. The molecule has 0 radical (unpaired) electrons. The lowest BCUT2D eigenvalue weighted by molar-refractivity contribution is 0.0173. The number of benzene rings is 1. The fourth-order valence-corrected chi connectivity index (χ4v) is 6.24. The van der Waals surface area contributed by atoms with Gasteiger partial charge in [0, 0.05) is 0 Å². The van der Waals surface area contributed by atoms with Crippen molar-refractivity contribution in [2.24, 2.45) is 0 Å². The maximum absolute atomic E-state index is 12.1. The molecule has 2 unspecified atom stereocenters. The molecule has 2 bridgehead atoms. The number of hydrogen-bond acceptors (Lipinski definition) is 3. The van der Waals surface area contributed by atoms with Gasteiger partial charge in [0.15, 0.2) is 9.84 Å². The van der Waals surface area contributed by atoms with E-state index >= 15 is 0 Å². The van der Waals surface area contributed by atoms with Crippen LogP contribution in [0.25, 0.3) is 0 Å². The highest BCUT2D eigenvalue weighted by atomic mass is 32.2. The highest BCUT2D eigenvalue weighted by Gasteiger charge is 2.53. The second kappa shape index (κ2) is 4.85. The molecule has 1 N–H and O–H groups in total. The van der Waals surface area contributed by atoms with Crippen LogP contribution in [0.15, 0.2) is 24.3 Å². The minimum Gasteiger partial charge on any atom is -0.385 e. The van der Waals surface area contributed by atoms with Gasteiger partial charge in [0.2, 0.25) is 0 Å². The molecular formula is C16H22O3S. The van der Waals surface area contributed by atoms with Crippen molar-refractivity contribution in [3.05, 3.63) is 35.4 Å². The van der Waals surface area contributed by atoms with E-state index in [9.17, 15) is 13.5 Å². The van der Waals surface area contributed by atoms with Gasteiger partial charge in [0.05, 0.1) is 16.1 Å². The number of rotatable bonds is 3. The zero-order valence-electron chi connectivity index (χ0n) is 11.9. The van der Waals surface area contributed by atoms with Crippen LogP contribution >= 0.6 is 0 Å². The van der Waals surface area contributed by atoms with Gasteiger partial charge in [-0.3, -0.25) is 0 Å². The van der Waals surface area contributed by atoms with Crippen molar-refractivity contribution in [2.45, 2.75) is 61.5 Å². The van der Waals surface area contributed by atoms with Crippen LogP contribution in [0.4, 0.5) is 0 Å². The summed E-state index contributed by atoms with van der Waals surface area (Å²) in [6, 6.07) is 8.06. The number of aryl methyl sites for hydroxylation is 1. The number of sulfone groups is 1. The largest absolute Gasteiger partial charge is 0.385 e. The van der Waals surface area contributed by atoms with E-state index in [4.69, 9.17) is 0 Å². The molecule has 2 atom stereocenters. The van der Waals surface area contributed by atoms with Crippen LogP contribution in [-0.2, 0) is 21.9 Å². The van der Waals surface area contributed by atoms with E-state index < -0.39 is 15.4 Å². The van der Waals surface area contributed by atoms with E-state index in [-0.39, 0.29) is 10.5 Å². The van der Waals surface area contributed by atoms with Crippen molar-refractivity contribution in [3.8, 4) is 0 Å². The highest BCUT2D eigenvalue weighted by molar-refractivity contribution is 7.93. The third-order valence-electron chi connectivity index (χ3n) is 4.90. The second-order valence-electron chi connectivity index (χ2n) is 6.30. The number of hydrogen-bond donors (Lipinski definition) is 1. The lowest BCUT2D eigenvalue weighted by Crippen LogP contribution is -2.43. The van der Waals surface area contributed by atoms with Crippen LogP contribution in [0.5, 0.6) is 0 Å². The van der Waals surface area contributed by atoms with Crippen LogP contribution in [0, 0.1) is 0 Å².